The van der Waals surface area contributed by atoms with Crippen molar-refractivity contribution in [3.8, 4) is 22.6 Å². The van der Waals surface area contributed by atoms with Crippen molar-refractivity contribution < 1.29 is 9.47 Å². The number of rotatable bonds is 4. The highest BCUT2D eigenvalue weighted by Gasteiger charge is 2.05. The van der Waals surface area contributed by atoms with Crippen molar-refractivity contribution >= 4 is 0 Å². The molecular formula is C15H15O2. The van der Waals surface area contributed by atoms with Crippen LogP contribution in [0.1, 0.15) is 6.92 Å². The molecule has 17 heavy (non-hydrogen) atoms. The molecule has 2 rings (SSSR count). The molecule has 0 N–H and O–H groups in total. The van der Waals surface area contributed by atoms with E-state index in [4.69, 9.17) is 9.47 Å². The van der Waals surface area contributed by atoms with Gasteiger partial charge in [0.25, 0.3) is 0 Å². The van der Waals surface area contributed by atoms with Crippen molar-refractivity contribution in [2.45, 2.75) is 6.92 Å². The van der Waals surface area contributed by atoms with Crippen LogP contribution >= 0.6 is 0 Å². The minimum atomic E-state index is 0.654. The molecule has 0 saturated carbocycles. The van der Waals surface area contributed by atoms with E-state index in [1.165, 1.54) is 0 Å². The molecule has 2 nitrogen and oxygen atoms in total. The molecule has 0 heterocycles. The maximum atomic E-state index is 5.59. The van der Waals surface area contributed by atoms with Gasteiger partial charge < -0.3 is 9.47 Å². The second-order valence-corrected chi connectivity index (χ2v) is 3.57. The maximum absolute atomic E-state index is 5.59. The van der Waals surface area contributed by atoms with Crippen molar-refractivity contribution in [3.05, 3.63) is 48.5 Å². The summed E-state index contributed by atoms with van der Waals surface area (Å²) in [6.07, 6.45) is 0. The first kappa shape index (κ1) is 11.5. The van der Waals surface area contributed by atoms with Crippen LogP contribution < -0.4 is 9.47 Å². The molecule has 0 aromatic heterocycles. The van der Waals surface area contributed by atoms with E-state index < -0.39 is 0 Å². The van der Waals surface area contributed by atoms with Gasteiger partial charge in [-0.3, -0.25) is 0 Å². The fourth-order valence-electron chi connectivity index (χ4n) is 1.68. The summed E-state index contributed by atoms with van der Waals surface area (Å²) in [5.74, 6) is 1.71. The molecule has 0 bridgehead atoms. The summed E-state index contributed by atoms with van der Waals surface area (Å²) in [6.45, 7) is 2.63. The van der Waals surface area contributed by atoms with Gasteiger partial charge in [0.2, 0.25) is 0 Å². The third-order valence-corrected chi connectivity index (χ3v) is 2.50. The molecule has 0 atom stereocenters. The van der Waals surface area contributed by atoms with Gasteiger partial charge in [-0.05, 0) is 36.8 Å². The number of ether oxygens (including phenoxy) is 2. The SMILES string of the molecule is CCOc1ccc[c]c1-c1ccc(OC)cc1. The summed E-state index contributed by atoms with van der Waals surface area (Å²) in [7, 11) is 1.66. The highest BCUT2D eigenvalue weighted by Crippen LogP contribution is 2.30. The Labute approximate surface area is 102 Å². The molecule has 2 heteroatoms. The van der Waals surface area contributed by atoms with E-state index >= 15 is 0 Å². The summed E-state index contributed by atoms with van der Waals surface area (Å²) in [5.41, 5.74) is 2.06. The van der Waals surface area contributed by atoms with Gasteiger partial charge >= 0.3 is 0 Å². The zero-order valence-electron chi connectivity index (χ0n) is 10.1. The second kappa shape index (κ2) is 5.39. The quantitative estimate of drug-likeness (QED) is 0.795. The molecule has 0 saturated heterocycles. The molecule has 2 aromatic rings. The van der Waals surface area contributed by atoms with E-state index in [1.807, 2.05) is 49.4 Å². The summed E-state index contributed by atoms with van der Waals surface area (Å²) < 4.78 is 10.7. The third-order valence-electron chi connectivity index (χ3n) is 2.50. The number of methoxy groups -OCH3 is 1. The Morgan fingerprint density at radius 1 is 1.12 bits per heavy atom. The molecule has 2 aromatic carbocycles. The van der Waals surface area contributed by atoms with Crippen LogP contribution in [0, 0.1) is 6.07 Å². The van der Waals surface area contributed by atoms with Gasteiger partial charge in [-0.15, -0.1) is 0 Å². The van der Waals surface area contributed by atoms with Crippen LogP contribution in [0.15, 0.2) is 42.5 Å². The Bertz CT molecular complexity index is 475. The lowest BCUT2D eigenvalue weighted by Gasteiger charge is -2.10. The molecule has 0 spiro atoms. The molecule has 0 amide bonds. The molecule has 0 fully saturated rings. The zero-order valence-corrected chi connectivity index (χ0v) is 10.1. The van der Waals surface area contributed by atoms with E-state index in [2.05, 4.69) is 6.07 Å². The van der Waals surface area contributed by atoms with Gasteiger partial charge in [0.1, 0.15) is 11.5 Å². The first-order valence-corrected chi connectivity index (χ1v) is 5.63. The highest BCUT2D eigenvalue weighted by molar-refractivity contribution is 5.70. The Kier molecular flexibility index (Phi) is 3.66. The largest absolute Gasteiger partial charge is 0.497 e. The van der Waals surface area contributed by atoms with E-state index in [0.29, 0.717) is 6.61 Å². The van der Waals surface area contributed by atoms with E-state index in [1.54, 1.807) is 7.11 Å². The van der Waals surface area contributed by atoms with Crippen molar-refractivity contribution in [2.75, 3.05) is 13.7 Å². The lowest BCUT2D eigenvalue weighted by Crippen LogP contribution is -1.93. The van der Waals surface area contributed by atoms with Gasteiger partial charge in [-0.25, -0.2) is 0 Å². The minimum absolute atomic E-state index is 0.654. The highest BCUT2D eigenvalue weighted by atomic mass is 16.5. The van der Waals surface area contributed by atoms with Gasteiger partial charge in [0.15, 0.2) is 0 Å². The molecule has 1 radical (unpaired) electrons. The summed E-state index contributed by atoms with van der Waals surface area (Å²) in [5, 5.41) is 0. The van der Waals surface area contributed by atoms with E-state index in [-0.39, 0.29) is 0 Å². The van der Waals surface area contributed by atoms with Crippen LogP contribution in [-0.2, 0) is 0 Å². The molecule has 0 aliphatic heterocycles. The van der Waals surface area contributed by atoms with E-state index in [9.17, 15) is 0 Å². The smallest absolute Gasteiger partial charge is 0.127 e. The monoisotopic (exact) mass is 227 g/mol. The van der Waals surface area contributed by atoms with Gasteiger partial charge in [0.05, 0.1) is 13.7 Å². The predicted octanol–water partition coefficient (Wildman–Crippen LogP) is 3.56. The van der Waals surface area contributed by atoms with Gasteiger partial charge in [-0.1, -0.05) is 24.3 Å². The number of hydrogen-bond donors (Lipinski definition) is 0. The first-order chi connectivity index (χ1) is 8.35. The average molecular weight is 227 g/mol. The zero-order chi connectivity index (χ0) is 12.1. The maximum Gasteiger partial charge on any atom is 0.127 e. The van der Waals surface area contributed by atoms with Crippen LogP contribution in [0.4, 0.5) is 0 Å². The van der Waals surface area contributed by atoms with Crippen molar-refractivity contribution in [3.63, 3.8) is 0 Å². The number of hydrogen-bond acceptors (Lipinski definition) is 2. The van der Waals surface area contributed by atoms with Crippen LogP contribution in [0.3, 0.4) is 0 Å². The Morgan fingerprint density at radius 2 is 1.88 bits per heavy atom. The molecule has 87 valence electrons. The molecule has 0 aliphatic rings. The number of benzene rings is 2. The molecular weight excluding hydrogens is 212 g/mol. The standard InChI is InChI=1S/C15H15O2/c1-3-17-15-7-5-4-6-14(15)12-8-10-13(16-2)11-9-12/h4-5,7-11H,3H2,1-2H3. The predicted molar refractivity (Wildman–Crippen MR) is 68.4 cm³/mol. The average Bonchev–Trinajstić information content (AvgIpc) is 2.40. The van der Waals surface area contributed by atoms with Crippen LogP contribution in [0.2, 0.25) is 0 Å². The van der Waals surface area contributed by atoms with Crippen LogP contribution in [-0.4, -0.2) is 13.7 Å². The van der Waals surface area contributed by atoms with Crippen molar-refractivity contribution in [1.29, 1.82) is 0 Å². The Morgan fingerprint density at radius 3 is 2.53 bits per heavy atom. The molecule has 0 unspecified atom stereocenters. The van der Waals surface area contributed by atoms with Crippen LogP contribution in [0.25, 0.3) is 11.1 Å². The lowest BCUT2D eigenvalue weighted by atomic mass is 10.0. The fraction of sp³-hybridized carbons (Fsp3) is 0.200. The Hall–Kier alpha value is -1.96. The van der Waals surface area contributed by atoms with Crippen molar-refractivity contribution in [2.24, 2.45) is 0 Å². The summed E-state index contributed by atoms with van der Waals surface area (Å²) in [4.78, 5) is 0. The molecule has 0 aliphatic carbocycles. The second-order valence-electron chi connectivity index (χ2n) is 3.57. The van der Waals surface area contributed by atoms with Gasteiger partial charge in [0, 0.05) is 5.56 Å². The van der Waals surface area contributed by atoms with Crippen LogP contribution in [0.5, 0.6) is 11.5 Å². The minimum Gasteiger partial charge on any atom is -0.497 e. The first-order valence-electron chi connectivity index (χ1n) is 5.63. The topological polar surface area (TPSA) is 18.5 Å². The lowest BCUT2D eigenvalue weighted by molar-refractivity contribution is 0.341. The third kappa shape index (κ3) is 2.59. The summed E-state index contributed by atoms with van der Waals surface area (Å²) in [6, 6.07) is 16.9. The fourth-order valence-corrected chi connectivity index (χ4v) is 1.68. The van der Waals surface area contributed by atoms with E-state index in [0.717, 1.165) is 22.6 Å². The van der Waals surface area contributed by atoms with Gasteiger partial charge in [-0.2, -0.15) is 0 Å². The van der Waals surface area contributed by atoms with Crippen molar-refractivity contribution in [1.82, 2.24) is 0 Å². The Balaban J connectivity index is 2.37. The summed E-state index contributed by atoms with van der Waals surface area (Å²) >= 11 is 0. The normalized spacial score (nSPS) is 10.0.